The Balaban J connectivity index is 2.53. The summed E-state index contributed by atoms with van der Waals surface area (Å²) in [5.74, 6) is 1.48. The molecular formula is C10H15N3O3. The van der Waals surface area contributed by atoms with Crippen LogP contribution in [0.1, 0.15) is 12.2 Å². The van der Waals surface area contributed by atoms with Gasteiger partial charge in [0.25, 0.3) is 0 Å². The Kier molecular flexibility index (Phi) is 4.50. The number of carbonyl (C=O) groups excluding carboxylic acids is 1. The number of anilines is 1. The number of rotatable bonds is 5. The molecule has 88 valence electrons. The van der Waals surface area contributed by atoms with E-state index in [1.165, 1.54) is 7.11 Å². The van der Waals surface area contributed by atoms with Gasteiger partial charge in [0.15, 0.2) is 0 Å². The maximum Gasteiger partial charge on any atom is 0.307 e. The molecule has 0 bridgehead atoms. The molecule has 0 saturated carbocycles. The summed E-state index contributed by atoms with van der Waals surface area (Å²) >= 11 is 0. The summed E-state index contributed by atoms with van der Waals surface area (Å²) in [6.07, 6.45) is 0.294. The van der Waals surface area contributed by atoms with Crippen molar-refractivity contribution >= 4 is 11.8 Å². The lowest BCUT2D eigenvalue weighted by Gasteiger charge is -2.07. The van der Waals surface area contributed by atoms with Gasteiger partial charge in [0, 0.05) is 12.6 Å². The zero-order chi connectivity index (χ0) is 12.0. The van der Waals surface area contributed by atoms with Crippen LogP contribution in [0, 0.1) is 6.92 Å². The summed E-state index contributed by atoms with van der Waals surface area (Å²) in [6, 6.07) is 1.67. The van der Waals surface area contributed by atoms with Gasteiger partial charge in [-0.05, 0) is 6.92 Å². The summed E-state index contributed by atoms with van der Waals surface area (Å²) in [7, 11) is 2.90. The maximum atomic E-state index is 10.9. The van der Waals surface area contributed by atoms with Gasteiger partial charge in [-0.3, -0.25) is 4.79 Å². The third kappa shape index (κ3) is 3.72. The van der Waals surface area contributed by atoms with Gasteiger partial charge in [-0.15, -0.1) is 0 Å². The molecule has 0 aliphatic heterocycles. The molecule has 0 atom stereocenters. The van der Waals surface area contributed by atoms with Gasteiger partial charge >= 0.3 is 5.97 Å². The van der Waals surface area contributed by atoms with E-state index in [0.29, 0.717) is 30.5 Å². The van der Waals surface area contributed by atoms with Crippen LogP contribution in [0.2, 0.25) is 0 Å². The van der Waals surface area contributed by atoms with E-state index in [4.69, 9.17) is 4.74 Å². The van der Waals surface area contributed by atoms with Crippen molar-refractivity contribution in [2.45, 2.75) is 13.3 Å². The normalized spacial score (nSPS) is 9.69. The molecule has 1 N–H and O–H groups in total. The van der Waals surface area contributed by atoms with Crippen LogP contribution in [-0.2, 0) is 9.53 Å². The lowest BCUT2D eigenvalue weighted by molar-refractivity contribution is -0.140. The lowest BCUT2D eigenvalue weighted by Crippen LogP contribution is -2.11. The number of carbonyl (C=O) groups is 1. The monoisotopic (exact) mass is 225 g/mol. The highest BCUT2D eigenvalue weighted by Crippen LogP contribution is 2.12. The van der Waals surface area contributed by atoms with Crippen molar-refractivity contribution in [2.75, 3.05) is 26.1 Å². The third-order valence-corrected chi connectivity index (χ3v) is 1.89. The number of hydrogen-bond acceptors (Lipinski definition) is 6. The Morgan fingerprint density at radius 3 is 2.81 bits per heavy atom. The molecule has 0 spiro atoms. The SMILES string of the molecule is COC(=O)CCNc1cc(OC)nc(C)n1. The van der Waals surface area contributed by atoms with E-state index < -0.39 is 0 Å². The molecule has 16 heavy (non-hydrogen) atoms. The lowest BCUT2D eigenvalue weighted by atomic mass is 10.4. The summed E-state index contributed by atoms with van der Waals surface area (Å²) in [5.41, 5.74) is 0. The molecule has 0 aliphatic rings. The molecule has 0 aromatic carbocycles. The van der Waals surface area contributed by atoms with Gasteiger partial charge in [-0.2, -0.15) is 4.98 Å². The van der Waals surface area contributed by atoms with Crippen LogP contribution in [0.25, 0.3) is 0 Å². The minimum atomic E-state index is -0.259. The largest absolute Gasteiger partial charge is 0.481 e. The first-order valence-electron chi connectivity index (χ1n) is 4.86. The average molecular weight is 225 g/mol. The first kappa shape index (κ1) is 12.2. The van der Waals surface area contributed by atoms with Crippen LogP contribution in [0.4, 0.5) is 5.82 Å². The van der Waals surface area contributed by atoms with Crippen molar-refractivity contribution in [3.8, 4) is 5.88 Å². The highest BCUT2D eigenvalue weighted by atomic mass is 16.5. The second-order valence-electron chi connectivity index (χ2n) is 3.10. The van der Waals surface area contributed by atoms with Crippen molar-refractivity contribution in [3.63, 3.8) is 0 Å². The van der Waals surface area contributed by atoms with E-state index in [9.17, 15) is 4.79 Å². The van der Waals surface area contributed by atoms with Crippen molar-refractivity contribution < 1.29 is 14.3 Å². The van der Waals surface area contributed by atoms with Crippen LogP contribution in [-0.4, -0.2) is 36.7 Å². The Morgan fingerprint density at radius 2 is 2.19 bits per heavy atom. The molecule has 6 nitrogen and oxygen atoms in total. The van der Waals surface area contributed by atoms with Crippen LogP contribution in [0.15, 0.2) is 6.07 Å². The summed E-state index contributed by atoms with van der Waals surface area (Å²) in [5, 5.41) is 2.99. The Bertz CT molecular complexity index is 368. The van der Waals surface area contributed by atoms with E-state index in [2.05, 4.69) is 20.0 Å². The number of nitrogens with zero attached hydrogens (tertiary/aromatic N) is 2. The highest BCUT2D eigenvalue weighted by molar-refractivity contribution is 5.69. The minimum Gasteiger partial charge on any atom is -0.481 e. The van der Waals surface area contributed by atoms with Crippen LogP contribution < -0.4 is 10.1 Å². The van der Waals surface area contributed by atoms with Crippen LogP contribution in [0.5, 0.6) is 5.88 Å². The molecule has 1 aromatic heterocycles. The standard InChI is InChI=1S/C10H15N3O3/c1-7-12-8(6-9(13-7)15-2)11-5-4-10(14)16-3/h6H,4-5H2,1-3H3,(H,11,12,13). The predicted octanol–water partition coefficient (Wildman–Crippen LogP) is 0.769. The van der Waals surface area contributed by atoms with Crippen LogP contribution in [0.3, 0.4) is 0 Å². The Morgan fingerprint density at radius 1 is 1.44 bits per heavy atom. The summed E-state index contributed by atoms with van der Waals surface area (Å²) < 4.78 is 9.52. The van der Waals surface area contributed by atoms with Gasteiger partial charge in [0.1, 0.15) is 11.6 Å². The van der Waals surface area contributed by atoms with Gasteiger partial charge in [0.2, 0.25) is 5.88 Å². The number of nitrogens with one attached hydrogen (secondary N) is 1. The van der Waals surface area contributed by atoms with Gasteiger partial charge in [-0.25, -0.2) is 4.98 Å². The number of hydrogen-bond donors (Lipinski definition) is 1. The van der Waals surface area contributed by atoms with Crippen molar-refractivity contribution in [1.82, 2.24) is 9.97 Å². The molecule has 0 saturated heterocycles. The maximum absolute atomic E-state index is 10.9. The molecule has 6 heteroatoms. The first-order chi connectivity index (χ1) is 7.65. The third-order valence-electron chi connectivity index (χ3n) is 1.89. The van der Waals surface area contributed by atoms with E-state index >= 15 is 0 Å². The number of esters is 1. The fraction of sp³-hybridized carbons (Fsp3) is 0.500. The molecule has 0 amide bonds. The van der Waals surface area contributed by atoms with Gasteiger partial charge in [-0.1, -0.05) is 0 Å². The molecule has 1 heterocycles. The Labute approximate surface area is 94.0 Å². The molecule has 0 radical (unpaired) electrons. The van der Waals surface area contributed by atoms with E-state index in [0.717, 1.165) is 0 Å². The topological polar surface area (TPSA) is 73.3 Å². The second kappa shape index (κ2) is 5.89. The molecular weight excluding hydrogens is 210 g/mol. The minimum absolute atomic E-state index is 0.259. The summed E-state index contributed by atoms with van der Waals surface area (Å²) in [4.78, 5) is 19.1. The number of methoxy groups -OCH3 is 2. The molecule has 0 aliphatic carbocycles. The van der Waals surface area contributed by atoms with Crippen molar-refractivity contribution in [1.29, 1.82) is 0 Å². The number of aromatic nitrogens is 2. The van der Waals surface area contributed by atoms with Gasteiger partial charge < -0.3 is 14.8 Å². The zero-order valence-corrected chi connectivity index (χ0v) is 9.61. The average Bonchev–Trinajstić information content (AvgIpc) is 2.28. The van der Waals surface area contributed by atoms with E-state index in [-0.39, 0.29) is 5.97 Å². The first-order valence-corrected chi connectivity index (χ1v) is 4.86. The second-order valence-corrected chi connectivity index (χ2v) is 3.10. The van der Waals surface area contributed by atoms with Gasteiger partial charge in [0.05, 0.1) is 20.6 Å². The number of ether oxygens (including phenoxy) is 2. The van der Waals surface area contributed by atoms with Crippen molar-refractivity contribution in [2.24, 2.45) is 0 Å². The Hall–Kier alpha value is -1.85. The molecule has 1 aromatic rings. The quantitative estimate of drug-likeness (QED) is 0.746. The molecule has 0 unspecified atom stereocenters. The molecule has 0 fully saturated rings. The van der Waals surface area contributed by atoms with Crippen LogP contribution >= 0.6 is 0 Å². The highest BCUT2D eigenvalue weighted by Gasteiger charge is 2.03. The van der Waals surface area contributed by atoms with E-state index in [1.807, 2.05) is 0 Å². The zero-order valence-electron chi connectivity index (χ0n) is 9.61. The smallest absolute Gasteiger partial charge is 0.307 e. The summed E-state index contributed by atoms with van der Waals surface area (Å²) in [6.45, 7) is 2.24. The number of aryl methyl sites for hydroxylation is 1. The fourth-order valence-corrected chi connectivity index (χ4v) is 1.13. The predicted molar refractivity (Wildman–Crippen MR) is 58.4 cm³/mol. The van der Waals surface area contributed by atoms with E-state index in [1.54, 1.807) is 20.1 Å². The van der Waals surface area contributed by atoms with Crippen molar-refractivity contribution in [3.05, 3.63) is 11.9 Å². The fourth-order valence-electron chi connectivity index (χ4n) is 1.13. The molecule has 1 rings (SSSR count).